The molecule has 1 saturated heterocycles. The standard InChI is InChI=1S/C22H25FN8O/c1-14-16(10-26-29(14)2)12-30-8-7-20(15(9-24)11-30)31-13-19(21(25)32)22(28-31)27-18-5-3-17(23)4-6-18/h3-6,10,13,15,20H,7-8,11-12H2,1-2H3,(H2,25,32)(H,27,28). The zero-order chi connectivity index (χ0) is 22.8. The van der Waals surface area contributed by atoms with Gasteiger partial charge in [-0.25, -0.2) is 4.39 Å². The summed E-state index contributed by atoms with van der Waals surface area (Å²) in [5.41, 5.74) is 8.60. The van der Waals surface area contributed by atoms with Gasteiger partial charge in [0.05, 0.1) is 24.2 Å². The van der Waals surface area contributed by atoms with E-state index in [2.05, 4.69) is 26.5 Å². The Kier molecular flexibility index (Phi) is 5.92. The van der Waals surface area contributed by atoms with E-state index in [9.17, 15) is 14.4 Å². The van der Waals surface area contributed by atoms with Gasteiger partial charge in [-0.15, -0.1) is 0 Å². The molecular formula is C22H25FN8O. The molecule has 1 fully saturated rings. The Bertz CT molecular complexity index is 1160. The van der Waals surface area contributed by atoms with Crippen molar-refractivity contribution < 1.29 is 9.18 Å². The molecule has 1 aliphatic rings. The van der Waals surface area contributed by atoms with Crippen molar-refractivity contribution in [3.05, 3.63) is 59.3 Å². The van der Waals surface area contributed by atoms with Gasteiger partial charge in [0.15, 0.2) is 5.82 Å². The number of primary amides is 1. The number of aryl methyl sites for hydroxylation is 1. The number of anilines is 2. The summed E-state index contributed by atoms with van der Waals surface area (Å²) in [6, 6.07) is 7.95. The number of halogens is 1. The Morgan fingerprint density at radius 3 is 2.75 bits per heavy atom. The molecule has 0 bridgehead atoms. The van der Waals surface area contributed by atoms with Crippen LogP contribution in [0.25, 0.3) is 0 Å². The number of rotatable bonds is 6. The van der Waals surface area contributed by atoms with Gasteiger partial charge in [0.1, 0.15) is 11.4 Å². The summed E-state index contributed by atoms with van der Waals surface area (Å²) in [5, 5.41) is 21.7. The van der Waals surface area contributed by atoms with Crippen LogP contribution in [0.3, 0.4) is 0 Å². The Hall–Kier alpha value is -3.71. The van der Waals surface area contributed by atoms with Crippen LogP contribution in [0.5, 0.6) is 0 Å². The van der Waals surface area contributed by atoms with E-state index in [0.717, 1.165) is 24.3 Å². The van der Waals surface area contributed by atoms with Crippen LogP contribution in [-0.4, -0.2) is 43.5 Å². The van der Waals surface area contributed by atoms with E-state index in [4.69, 9.17) is 5.73 Å². The minimum Gasteiger partial charge on any atom is -0.365 e. The zero-order valence-corrected chi connectivity index (χ0v) is 18.0. The highest BCUT2D eigenvalue weighted by Gasteiger charge is 2.32. The number of nitrogens with one attached hydrogen (secondary N) is 1. The van der Waals surface area contributed by atoms with Crippen molar-refractivity contribution >= 4 is 17.4 Å². The first-order valence-electron chi connectivity index (χ1n) is 10.4. The lowest BCUT2D eigenvalue weighted by atomic mass is 9.93. The molecule has 0 saturated carbocycles. The molecule has 1 amide bonds. The lowest BCUT2D eigenvalue weighted by Crippen LogP contribution is -2.40. The van der Waals surface area contributed by atoms with Crippen molar-refractivity contribution in [1.82, 2.24) is 24.5 Å². The Labute approximate surface area is 185 Å². The molecule has 2 aromatic heterocycles. The number of hydrogen-bond acceptors (Lipinski definition) is 6. The molecule has 9 nitrogen and oxygen atoms in total. The summed E-state index contributed by atoms with van der Waals surface area (Å²) in [4.78, 5) is 14.2. The number of likely N-dealkylation sites (tertiary alicyclic amines) is 1. The normalized spacial score (nSPS) is 18.9. The number of piperidine rings is 1. The molecule has 166 valence electrons. The fourth-order valence-corrected chi connectivity index (χ4v) is 4.04. The molecule has 3 heterocycles. The summed E-state index contributed by atoms with van der Waals surface area (Å²) in [6.45, 7) is 4.13. The first kappa shape index (κ1) is 21.5. The smallest absolute Gasteiger partial charge is 0.254 e. The Morgan fingerprint density at radius 1 is 1.38 bits per heavy atom. The summed E-state index contributed by atoms with van der Waals surface area (Å²) < 4.78 is 16.7. The van der Waals surface area contributed by atoms with Gasteiger partial charge >= 0.3 is 0 Å². The first-order chi connectivity index (χ1) is 15.4. The van der Waals surface area contributed by atoms with Crippen molar-refractivity contribution in [2.75, 3.05) is 18.4 Å². The predicted octanol–water partition coefficient (Wildman–Crippen LogP) is 2.49. The molecule has 0 spiro atoms. The second-order valence-corrected chi connectivity index (χ2v) is 8.07. The minimum atomic E-state index is -0.626. The fourth-order valence-electron chi connectivity index (χ4n) is 4.04. The minimum absolute atomic E-state index is 0.187. The third-order valence-electron chi connectivity index (χ3n) is 6.00. The van der Waals surface area contributed by atoms with E-state index >= 15 is 0 Å². The molecule has 3 aromatic rings. The van der Waals surface area contributed by atoms with Crippen molar-refractivity contribution in [2.45, 2.75) is 25.9 Å². The molecule has 4 rings (SSSR count). The maximum absolute atomic E-state index is 13.2. The number of hydrogen-bond donors (Lipinski definition) is 2. The number of amides is 1. The molecule has 1 aliphatic heterocycles. The van der Waals surface area contributed by atoms with Gasteiger partial charge in [-0.05, 0) is 37.6 Å². The van der Waals surface area contributed by atoms with Gasteiger partial charge in [0, 0.05) is 49.8 Å². The highest BCUT2D eigenvalue weighted by molar-refractivity contribution is 5.98. The number of nitrogens with two attached hydrogens (primary N) is 1. The summed E-state index contributed by atoms with van der Waals surface area (Å²) in [6.07, 6.45) is 4.15. The van der Waals surface area contributed by atoms with E-state index in [1.54, 1.807) is 23.0 Å². The molecule has 0 radical (unpaired) electrons. The average molecular weight is 436 g/mol. The summed E-state index contributed by atoms with van der Waals surface area (Å²) in [7, 11) is 1.91. The van der Waals surface area contributed by atoms with Gasteiger partial charge in [0.2, 0.25) is 0 Å². The summed E-state index contributed by atoms with van der Waals surface area (Å²) >= 11 is 0. The number of carbonyl (C=O) groups excluding carboxylic acids is 1. The van der Waals surface area contributed by atoms with Crippen LogP contribution in [0.15, 0.2) is 36.7 Å². The van der Waals surface area contributed by atoms with Crippen molar-refractivity contribution in [2.24, 2.45) is 18.7 Å². The van der Waals surface area contributed by atoms with Crippen LogP contribution in [0.2, 0.25) is 0 Å². The molecule has 2 unspecified atom stereocenters. The molecule has 0 aliphatic carbocycles. The van der Waals surface area contributed by atoms with Gasteiger partial charge in [-0.1, -0.05) is 0 Å². The first-order valence-corrected chi connectivity index (χ1v) is 10.4. The number of aromatic nitrogens is 4. The van der Waals surface area contributed by atoms with E-state index in [-0.39, 0.29) is 29.2 Å². The van der Waals surface area contributed by atoms with Crippen molar-refractivity contribution in [1.29, 1.82) is 5.26 Å². The maximum Gasteiger partial charge on any atom is 0.254 e. The molecule has 2 atom stereocenters. The molecule has 32 heavy (non-hydrogen) atoms. The monoisotopic (exact) mass is 436 g/mol. The second kappa shape index (κ2) is 8.80. The van der Waals surface area contributed by atoms with E-state index < -0.39 is 5.91 Å². The zero-order valence-electron chi connectivity index (χ0n) is 18.0. The van der Waals surface area contributed by atoms with Crippen LogP contribution in [0.1, 0.15) is 34.1 Å². The van der Waals surface area contributed by atoms with Gasteiger partial charge in [-0.3, -0.25) is 19.1 Å². The lowest BCUT2D eigenvalue weighted by Gasteiger charge is -2.35. The van der Waals surface area contributed by atoms with E-state index in [1.807, 2.05) is 24.9 Å². The highest BCUT2D eigenvalue weighted by atomic mass is 19.1. The van der Waals surface area contributed by atoms with Gasteiger partial charge in [0.25, 0.3) is 5.91 Å². The quantitative estimate of drug-likeness (QED) is 0.613. The number of carbonyl (C=O) groups is 1. The summed E-state index contributed by atoms with van der Waals surface area (Å²) in [5.74, 6) is -1.01. The SMILES string of the molecule is Cc1c(CN2CCC(n3cc(C(N)=O)c(Nc4ccc(F)cc4)n3)C(C#N)C2)cnn1C. The number of nitriles is 1. The van der Waals surface area contributed by atoms with Crippen LogP contribution >= 0.6 is 0 Å². The molecular weight excluding hydrogens is 411 g/mol. The Morgan fingerprint density at radius 2 is 2.12 bits per heavy atom. The lowest BCUT2D eigenvalue weighted by molar-refractivity contribution is 0.100. The van der Waals surface area contributed by atoms with Gasteiger partial charge < -0.3 is 11.1 Å². The number of nitrogens with zero attached hydrogens (tertiary/aromatic N) is 6. The van der Waals surface area contributed by atoms with Crippen LogP contribution in [0, 0.1) is 30.0 Å². The van der Waals surface area contributed by atoms with Crippen LogP contribution in [-0.2, 0) is 13.6 Å². The van der Waals surface area contributed by atoms with Crippen molar-refractivity contribution in [3.63, 3.8) is 0 Å². The van der Waals surface area contributed by atoms with E-state index in [0.29, 0.717) is 18.7 Å². The third-order valence-corrected chi connectivity index (χ3v) is 6.00. The molecule has 3 N–H and O–H groups in total. The fraction of sp³-hybridized carbons (Fsp3) is 0.364. The maximum atomic E-state index is 13.2. The number of benzene rings is 1. The highest BCUT2D eigenvalue weighted by Crippen LogP contribution is 2.31. The predicted molar refractivity (Wildman–Crippen MR) is 116 cm³/mol. The largest absolute Gasteiger partial charge is 0.365 e. The second-order valence-electron chi connectivity index (χ2n) is 8.07. The average Bonchev–Trinajstić information content (AvgIpc) is 3.34. The van der Waals surface area contributed by atoms with Crippen LogP contribution in [0.4, 0.5) is 15.9 Å². The molecule has 1 aromatic carbocycles. The van der Waals surface area contributed by atoms with Gasteiger partial charge in [-0.2, -0.15) is 15.5 Å². The van der Waals surface area contributed by atoms with Crippen LogP contribution < -0.4 is 11.1 Å². The van der Waals surface area contributed by atoms with Crippen molar-refractivity contribution in [3.8, 4) is 6.07 Å². The third kappa shape index (κ3) is 4.33. The topological polar surface area (TPSA) is 118 Å². The van der Waals surface area contributed by atoms with E-state index in [1.165, 1.54) is 12.1 Å². The molecule has 10 heteroatoms. The Balaban J connectivity index is 1.52.